The summed E-state index contributed by atoms with van der Waals surface area (Å²) in [5.74, 6) is 0.966. The maximum absolute atomic E-state index is 12.3. The van der Waals surface area contributed by atoms with Gasteiger partial charge in [0.1, 0.15) is 17.7 Å². The van der Waals surface area contributed by atoms with Crippen LogP contribution in [0.2, 0.25) is 5.02 Å². The molecule has 0 saturated carbocycles. The Hall–Kier alpha value is -4.24. The summed E-state index contributed by atoms with van der Waals surface area (Å²) in [4.78, 5) is 35.6. The van der Waals surface area contributed by atoms with Crippen LogP contribution in [0.1, 0.15) is 44.1 Å². The Kier molecular flexibility index (Phi) is 9.97. The highest BCUT2D eigenvalue weighted by molar-refractivity contribution is 6.33. The van der Waals surface area contributed by atoms with Crippen LogP contribution >= 0.6 is 11.6 Å². The summed E-state index contributed by atoms with van der Waals surface area (Å²) < 4.78 is 5.45. The van der Waals surface area contributed by atoms with Gasteiger partial charge in [-0.2, -0.15) is 5.26 Å². The molecular weight excluding hydrogens is 604 g/mol. The van der Waals surface area contributed by atoms with Gasteiger partial charge in [0.15, 0.2) is 0 Å². The molecule has 3 fully saturated rings. The van der Waals surface area contributed by atoms with Gasteiger partial charge >= 0.3 is 0 Å². The molecular formula is C34H39ClN8O3. The van der Waals surface area contributed by atoms with Gasteiger partial charge in [0, 0.05) is 69.3 Å². The first-order valence-electron chi connectivity index (χ1n) is 15.9. The summed E-state index contributed by atoms with van der Waals surface area (Å²) >= 11 is 6.60. The van der Waals surface area contributed by atoms with Crippen LogP contribution < -0.4 is 21.3 Å². The van der Waals surface area contributed by atoms with E-state index in [0.29, 0.717) is 56.3 Å². The summed E-state index contributed by atoms with van der Waals surface area (Å²) in [6.07, 6.45) is 5.81. The molecule has 5 heterocycles. The molecule has 12 heteroatoms. The third-order valence-electron chi connectivity index (χ3n) is 9.10. The zero-order chi connectivity index (χ0) is 31.9. The summed E-state index contributed by atoms with van der Waals surface area (Å²) in [7, 11) is 0. The van der Waals surface area contributed by atoms with Crippen molar-refractivity contribution in [1.29, 1.82) is 5.26 Å². The van der Waals surface area contributed by atoms with E-state index in [1.165, 1.54) is 0 Å². The fourth-order valence-corrected chi connectivity index (χ4v) is 6.45. The SMILES string of the molecule is N#CC1(CNc2cccc(-c3cc(NC4CCN(Cc5ccccc5NC5CCC(=O)NC5=O)CC4)ncc3Cl)n2)CCOCC1. The summed E-state index contributed by atoms with van der Waals surface area (Å²) in [6, 6.07) is 18.1. The number of anilines is 3. The molecule has 240 valence electrons. The summed E-state index contributed by atoms with van der Waals surface area (Å²) in [5.41, 5.74) is 3.13. The van der Waals surface area contributed by atoms with Crippen LogP contribution in [0.4, 0.5) is 17.3 Å². The van der Waals surface area contributed by atoms with E-state index in [4.69, 9.17) is 21.3 Å². The number of hydrogen-bond acceptors (Lipinski definition) is 10. The van der Waals surface area contributed by atoms with Crippen molar-refractivity contribution in [3.63, 3.8) is 0 Å². The Morgan fingerprint density at radius 3 is 2.63 bits per heavy atom. The first-order chi connectivity index (χ1) is 22.4. The number of para-hydroxylation sites is 1. The minimum Gasteiger partial charge on any atom is -0.381 e. The molecule has 2 aromatic heterocycles. The molecule has 0 aliphatic carbocycles. The van der Waals surface area contributed by atoms with Crippen molar-refractivity contribution < 1.29 is 14.3 Å². The number of piperidine rings is 2. The normalized spacial score (nSPS) is 20.4. The van der Waals surface area contributed by atoms with Crippen LogP contribution in [-0.2, 0) is 20.9 Å². The lowest BCUT2D eigenvalue weighted by atomic mass is 9.82. The largest absolute Gasteiger partial charge is 0.381 e. The van der Waals surface area contributed by atoms with E-state index in [9.17, 15) is 14.9 Å². The third-order valence-corrected chi connectivity index (χ3v) is 9.40. The number of ether oxygens (including phenoxy) is 1. The molecule has 1 atom stereocenters. The topological polar surface area (TPSA) is 144 Å². The van der Waals surface area contributed by atoms with Crippen molar-refractivity contribution in [3.05, 3.63) is 65.3 Å². The van der Waals surface area contributed by atoms with E-state index in [2.05, 4.69) is 43.3 Å². The zero-order valence-electron chi connectivity index (χ0n) is 25.7. The molecule has 0 bridgehead atoms. The van der Waals surface area contributed by atoms with Crippen molar-refractivity contribution >= 4 is 40.7 Å². The van der Waals surface area contributed by atoms with Crippen LogP contribution in [0.25, 0.3) is 11.3 Å². The Balaban J connectivity index is 1.04. The van der Waals surface area contributed by atoms with Gasteiger partial charge in [0.2, 0.25) is 11.8 Å². The lowest BCUT2D eigenvalue weighted by Gasteiger charge is -2.33. The first kappa shape index (κ1) is 31.7. The number of imide groups is 1. The first-order valence-corrected chi connectivity index (χ1v) is 16.3. The zero-order valence-corrected chi connectivity index (χ0v) is 26.5. The molecule has 46 heavy (non-hydrogen) atoms. The van der Waals surface area contributed by atoms with Crippen molar-refractivity contribution in [1.82, 2.24) is 20.2 Å². The standard InChI is InChI=1S/C34H39ClN8O3/c35-26-19-37-31(18-25(26)28-6-3-7-30(41-28)38-22-34(21-36)12-16-46-17-13-34)39-24-10-14-43(15-11-24)20-23-4-1-2-5-27(23)40-29-8-9-32(44)42-33(29)45/h1-7,18-19,24,29,40H,8-17,20,22H2,(H,37,39)(H,38,41)(H,42,44,45). The molecule has 3 aliphatic heterocycles. The molecule has 0 radical (unpaired) electrons. The minimum absolute atomic E-state index is 0.215. The molecule has 3 saturated heterocycles. The summed E-state index contributed by atoms with van der Waals surface area (Å²) in [6.45, 7) is 4.31. The Morgan fingerprint density at radius 1 is 1.04 bits per heavy atom. The predicted molar refractivity (Wildman–Crippen MR) is 177 cm³/mol. The number of rotatable bonds is 10. The molecule has 3 aromatic rings. The van der Waals surface area contributed by atoms with Gasteiger partial charge in [-0.3, -0.25) is 19.8 Å². The van der Waals surface area contributed by atoms with Gasteiger partial charge in [-0.05, 0) is 61.9 Å². The smallest absolute Gasteiger partial charge is 0.249 e. The molecule has 1 aromatic carbocycles. The molecule has 4 N–H and O–H groups in total. The molecule has 1 unspecified atom stereocenters. The van der Waals surface area contributed by atoms with Crippen molar-refractivity contribution in [2.45, 2.75) is 57.2 Å². The van der Waals surface area contributed by atoms with Crippen molar-refractivity contribution in [2.24, 2.45) is 5.41 Å². The lowest BCUT2D eigenvalue weighted by Crippen LogP contribution is -2.47. The number of pyridine rings is 2. The number of nitrogens with zero attached hydrogens (tertiary/aromatic N) is 4. The van der Waals surface area contributed by atoms with Gasteiger partial charge < -0.3 is 20.7 Å². The number of carbonyl (C=O) groups excluding carboxylic acids is 2. The van der Waals surface area contributed by atoms with Gasteiger partial charge in [-0.25, -0.2) is 9.97 Å². The number of nitrogens with one attached hydrogen (secondary N) is 4. The Morgan fingerprint density at radius 2 is 1.85 bits per heavy atom. The quantitative estimate of drug-likeness (QED) is 0.227. The van der Waals surface area contributed by atoms with Gasteiger partial charge in [-0.15, -0.1) is 0 Å². The maximum Gasteiger partial charge on any atom is 0.249 e. The van der Waals surface area contributed by atoms with E-state index < -0.39 is 11.5 Å². The second-order valence-electron chi connectivity index (χ2n) is 12.3. The monoisotopic (exact) mass is 642 g/mol. The fourth-order valence-electron chi connectivity index (χ4n) is 6.25. The second kappa shape index (κ2) is 14.5. The predicted octanol–water partition coefficient (Wildman–Crippen LogP) is 4.82. The van der Waals surface area contributed by atoms with Crippen molar-refractivity contribution in [3.8, 4) is 17.3 Å². The number of amides is 2. The highest BCUT2D eigenvalue weighted by Crippen LogP contribution is 2.32. The Bertz CT molecular complexity index is 1600. The molecule has 0 spiro atoms. The van der Waals surface area contributed by atoms with Crippen LogP contribution in [-0.4, -0.2) is 71.6 Å². The second-order valence-corrected chi connectivity index (χ2v) is 12.7. The van der Waals surface area contributed by atoms with E-state index in [0.717, 1.165) is 60.8 Å². The Labute approximate surface area is 274 Å². The maximum atomic E-state index is 12.3. The lowest BCUT2D eigenvalue weighted by molar-refractivity contribution is -0.133. The average molecular weight is 643 g/mol. The minimum atomic E-state index is -0.451. The number of aromatic nitrogens is 2. The number of halogens is 1. The van der Waals surface area contributed by atoms with Gasteiger partial charge in [-0.1, -0.05) is 35.9 Å². The summed E-state index contributed by atoms with van der Waals surface area (Å²) in [5, 5.41) is 23.1. The third kappa shape index (κ3) is 7.76. The van der Waals surface area contributed by atoms with Gasteiger partial charge in [0.25, 0.3) is 0 Å². The molecule has 2 amide bonds. The number of nitriles is 1. The number of carbonyl (C=O) groups is 2. The number of hydrogen-bond donors (Lipinski definition) is 4. The highest BCUT2D eigenvalue weighted by Gasteiger charge is 2.33. The van der Waals surface area contributed by atoms with Crippen molar-refractivity contribution in [2.75, 3.05) is 48.8 Å². The molecule has 11 nitrogen and oxygen atoms in total. The van der Waals surface area contributed by atoms with E-state index in [1.807, 2.05) is 42.5 Å². The highest BCUT2D eigenvalue weighted by atomic mass is 35.5. The molecule has 6 rings (SSSR count). The van der Waals surface area contributed by atoms with Crippen LogP contribution in [0.15, 0.2) is 54.7 Å². The van der Waals surface area contributed by atoms with Crippen LogP contribution in [0.5, 0.6) is 0 Å². The fraction of sp³-hybridized carbons (Fsp3) is 0.441. The average Bonchev–Trinajstić information content (AvgIpc) is 3.08. The van der Waals surface area contributed by atoms with Crippen LogP contribution in [0, 0.1) is 16.7 Å². The molecule has 3 aliphatic rings. The number of benzene rings is 1. The number of likely N-dealkylation sites (tertiary alicyclic amines) is 1. The van der Waals surface area contributed by atoms with Gasteiger partial charge in [0.05, 0.1) is 22.2 Å². The van der Waals surface area contributed by atoms with E-state index in [1.54, 1.807) is 6.20 Å². The van der Waals surface area contributed by atoms with Crippen LogP contribution in [0.3, 0.4) is 0 Å². The van der Waals surface area contributed by atoms with E-state index >= 15 is 0 Å². The van der Waals surface area contributed by atoms with E-state index in [-0.39, 0.29) is 17.9 Å².